The molecule has 1 N–H and O–H groups in total. The summed E-state index contributed by atoms with van der Waals surface area (Å²) in [5, 5.41) is 2.69. The summed E-state index contributed by atoms with van der Waals surface area (Å²) in [6, 6.07) is 9.51. The van der Waals surface area contributed by atoms with Crippen molar-refractivity contribution in [3.05, 3.63) is 65.2 Å². The molecule has 0 aliphatic heterocycles. The number of hydrogen-bond acceptors (Lipinski definition) is 2. The first-order valence-electron chi connectivity index (χ1n) is 7.00. The molecule has 2 rings (SSSR count). The minimum atomic E-state index is -0.689. The molecule has 116 valence electrons. The Bertz CT molecular complexity index is 673. The quantitative estimate of drug-likeness (QED) is 0.911. The van der Waals surface area contributed by atoms with Crippen molar-refractivity contribution in [3.63, 3.8) is 0 Å². The van der Waals surface area contributed by atoms with E-state index in [4.69, 9.17) is 4.74 Å². The van der Waals surface area contributed by atoms with Gasteiger partial charge in [-0.2, -0.15) is 0 Å². The average Bonchev–Trinajstić information content (AvgIpc) is 2.47. The maximum absolute atomic E-state index is 13.7. The molecular weight excluding hydrogens is 288 g/mol. The van der Waals surface area contributed by atoms with Crippen LogP contribution < -0.4 is 10.1 Å². The highest BCUT2D eigenvalue weighted by atomic mass is 19.1. The van der Waals surface area contributed by atoms with Crippen molar-refractivity contribution in [3.8, 4) is 5.75 Å². The third-order valence-electron chi connectivity index (χ3n) is 3.21. The van der Waals surface area contributed by atoms with Gasteiger partial charge >= 0.3 is 0 Å². The number of hydrogen-bond donors (Lipinski definition) is 1. The van der Waals surface area contributed by atoms with E-state index in [1.807, 2.05) is 6.92 Å². The third-order valence-corrected chi connectivity index (χ3v) is 3.21. The molecule has 2 aromatic carbocycles. The summed E-state index contributed by atoms with van der Waals surface area (Å²) >= 11 is 0. The third kappa shape index (κ3) is 3.61. The second-order valence-corrected chi connectivity index (χ2v) is 4.79. The van der Waals surface area contributed by atoms with Crippen molar-refractivity contribution in [2.45, 2.75) is 19.9 Å². The molecule has 0 aliphatic carbocycles. The first-order chi connectivity index (χ1) is 10.5. The van der Waals surface area contributed by atoms with Crippen LogP contribution in [0, 0.1) is 11.6 Å². The molecule has 0 radical (unpaired) electrons. The molecule has 1 amide bonds. The molecule has 0 spiro atoms. The van der Waals surface area contributed by atoms with Gasteiger partial charge in [0.1, 0.15) is 17.4 Å². The molecule has 0 aromatic heterocycles. The zero-order valence-electron chi connectivity index (χ0n) is 12.4. The van der Waals surface area contributed by atoms with Crippen LogP contribution in [0.3, 0.4) is 0 Å². The van der Waals surface area contributed by atoms with E-state index >= 15 is 0 Å². The summed E-state index contributed by atoms with van der Waals surface area (Å²) in [5.41, 5.74) is 0.599. The van der Waals surface area contributed by atoms with Crippen LogP contribution in [0.15, 0.2) is 42.5 Å². The predicted octanol–water partition coefficient (Wildman–Crippen LogP) is 3.85. The van der Waals surface area contributed by atoms with E-state index in [1.165, 1.54) is 6.07 Å². The van der Waals surface area contributed by atoms with Gasteiger partial charge in [-0.1, -0.05) is 18.2 Å². The Kier molecular flexibility index (Phi) is 5.09. The van der Waals surface area contributed by atoms with Crippen LogP contribution in [0.2, 0.25) is 0 Å². The summed E-state index contributed by atoms with van der Waals surface area (Å²) in [7, 11) is 0. The maximum Gasteiger partial charge on any atom is 0.255 e. The Hall–Kier alpha value is -2.43. The summed E-state index contributed by atoms with van der Waals surface area (Å²) in [4.78, 5) is 12.3. The highest BCUT2D eigenvalue weighted by molar-refractivity contribution is 5.97. The molecule has 0 saturated heterocycles. The predicted molar refractivity (Wildman–Crippen MR) is 79.9 cm³/mol. The second-order valence-electron chi connectivity index (χ2n) is 4.79. The van der Waals surface area contributed by atoms with E-state index in [-0.39, 0.29) is 11.5 Å². The van der Waals surface area contributed by atoms with E-state index in [0.717, 1.165) is 12.1 Å². The van der Waals surface area contributed by atoms with E-state index in [0.29, 0.717) is 17.9 Å². The van der Waals surface area contributed by atoms with Crippen LogP contribution in [-0.2, 0) is 0 Å². The molecular formula is C17H17F2NO2. The number of ether oxygens (including phenoxy) is 1. The number of rotatable bonds is 5. The Morgan fingerprint density at radius 2 is 1.95 bits per heavy atom. The van der Waals surface area contributed by atoms with Gasteiger partial charge < -0.3 is 10.1 Å². The lowest BCUT2D eigenvalue weighted by Crippen LogP contribution is -2.27. The monoisotopic (exact) mass is 305 g/mol. The first kappa shape index (κ1) is 15.9. The van der Waals surface area contributed by atoms with Crippen LogP contribution in [0.4, 0.5) is 8.78 Å². The largest absolute Gasteiger partial charge is 0.493 e. The van der Waals surface area contributed by atoms with Gasteiger partial charge in [-0.3, -0.25) is 4.79 Å². The van der Waals surface area contributed by atoms with Gasteiger partial charge in [-0.15, -0.1) is 0 Å². The van der Waals surface area contributed by atoms with E-state index in [1.54, 1.807) is 31.2 Å². The number of nitrogens with one attached hydrogen (secondary N) is 1. The van der Waals surface area contributed by atoms with Crippen molar-refractivity contribution >= 4 is 5.91 Å². The fourth-order valence-corrected chi connectivity index (χ4v) is 2.14. The van der Waals surface area contributed by atoms with Crippen molar-refractivity contribution < 1.29 is 18.3 Å². The van der Waals surface area contributed by atoms with Gasteiger partial charge in [0.15, 0.2) is 0 Å². The van der Waals surface area contributed by atoms with Crippen molar-refractivity contribution in [2.75, 3.05) is 6.61 Å². The van der Waals surface area contributed by atoms with Crippen LogP contribution in [0.1, 0.15) is 35.8 Å². The minimum absolute atomic E-state index is 0.226. The average molecular weight is 305 g/mol. The first-order valence-corrected chi connectivity index (χ1v) is 7.00. The summed E-state index contributed by atoms with van der Waals surface area (Å²) in [5.74, 6) is -1.25. The van der Waals surface area contributed by atoms with E-state index in [9.17, 15) is 13.6 Å². The molecule has 0 aliphatic rings. The van der Waals surface area contributed by atoms with Gasteiger partial charge in [0.05, 0.1) is 18.2 Å². The number of carbonyl (C=O) groups excluding carboxylic acids is 1. The lowest BCUT2D eigenvalue weighted by atomic mass is 10.1. The molecule has 0 fully saturated rings. The molecule has 0 heterocycles. The highest BCUT2D eigenvalue weighted by Crippen LogP contribution is 2.21. The van der Waals surface area contributed by atoms with Gasteiger partial charge in [0.25, 0.3) is 5.91 Å². The summed E-state index contributed by atoms with van der Waals surface area (Å²) in [6.45, 7) is 3.90. The zero-order valence-corrected chi connectivity index (χ0v) is 12.4. The van der Waals surface area contributed by atoms with Crippen molar-refractivity contribution in [2.24, 2.45) is 0 Å². The van der Waals surface area contributed by atoms with Crippen LogP contribution >= 0.6 is 0 Å². The van der Waals surface area contributed by atoms with Crippen LogP contribution in [0.5, 0.6) is 5.75 Å². The normalized spacial score (nSPS) is 11.8. The Labute approximate surface area is 127 Å². The van der Waals surface area contributed by atoms with Crippen LogP contribution in [0.25, 0.3) is 0 Å². The molecule has 3 nitrogen and oxygen atoms in total. The Balaban J connectivity index is 2.18. The van der Waals surface area contributed by atoms with E-state index in [2.05, 4.69) is 5.32 Å². The fraction of sp³-hybridized carbons (Fsp3) is 0.235. The summed E-state index contributed by atoms with van der Waals surface area (Å²) in [6.07, 6.45) is 0. The minimum Gasteiger partial charge on any atom is -0.493 e. The zero-order chi connectivity index (χ0) is 16.1. The van der Waals surface area contributed by atoms with Gasteiger partial charge in [-0.05, 0) is 32.0 Å². The Morgan fingerprint density at radius 3 is 2.64 bits per heavy atom. The number of halogens is 2. The van der Waals surface area contributed by atoms with Gasteiger partial charge in [0, 0.05) is 11.6 Å². The van der Waals surface area contributed by atoms with Crippen LogP contribution in [-0.4, -0.2) is 12.5 Å². The number of benzene rings is 2. The Morgan fingerprint density at radius 1 is 1.23 bits per heavy atom. The number of carbonyl (C=O) groups is 1. The molecule has 1 unspecified atom stereocenters. The second kappa shape index (κ2) is 7.02. The molecule has 2 aromatic rings. The van der Waals surface area contributed by atoms with E-state index < -0.39 is 17.7 Å². The van der Waals surface area contributed by atoms with Gasteiger partial charge in [0.2, 0.25) is 0 Å². The standard InChI is InChI=1S/C17H17F2NO2/c1-3-22-16-7-5-4-6-14(16)17(21)20-11(2)13-9-8-12(18)10-15(13)19/h4-11H,3H2,1-2H3,(H,20,21). The lowest BCUT2D eigenvalue weighted by Gasteiger charge is -2.16. The topological polar surface area (TPSA) is 38.3 Å². The van der Waals surface area contributed by atoms with Crippen molar-refractivity contribution in [1.82, 2.24) is 5.32 Å². The fourth-order valence-electron chi connectivity index (χ4n) is 2.14. The molecule has 1 atom stereocenters. The molecule has 5 heteroatoms. The number of amides is 1. The maximum atomic E-state index is 13.7. The van der Waals surface area contributed by atoms with Crippen molar-refractivity contribution in [1.29, 1.82) is 0 Å². The lowest BCUT2D eigenvalue weighted by molar-refractivity contribution is 0.0935. The number of para-hydroxylation sites is 1. The molecule has 0 saturated carbocycles. The highest BCUT2D eigenvalue weighted by Gasteiger charge is 2.17. The smallest absolute Gasteiger partial charge is 0.255 e. The van der Waals surface area contributed by atoms with Gasteiger partial charge in [-0.25, -0.2) is 8.78 Å². The molecule has 22 heavy (non-hydrogen) atoms. The SMILES string of the molecule is CCOc1ccccc1C(=O)NC(C)c1ccc(F)cc1F. The summed E-state index contributed by atoms with van der Waals surface area (Å²) < 4.78 is 32.1. The molecule has 0 bridgehead atoms.